The molecule has 0 aromatic rings. The molecule has 50 heteroatoms. The molecule has 0 rings (SSSR count). The number of hydrogen-bond donors (Lipinski definition) is 0. The average Bonchev–Trinajstić information content (AvgIpc) is 0. The van der Waals surface area contributed by atoms with Gasteiger partial charge in [0.05, 0.1) is 0 Å². The summed E-state index contributed by atoms with van der Waals surface area (Å²) < 4.78 is 0. The van der Waals surface area contributed by atoms with E-state index in [1.807, 2.05) is 0 Å². The third kappa shape index (κ3) is 379. The van der Waals surface area contributed by atoms with Gasteiger partial charge in [-0.25, -0.2) is 0 Å². The maximum atomic E-state index is 0. The van der Waals surface area contributed by atoms with Gasteiger partial charge in [-0.1, -0.05) is 0 Å². The van der Waals surface area contributed by atoms with Crippen molar-refractivity contribution in [1.29, 1.82) is 0 Å². The summed E-state index contributed by atoms with van der Waals surface area (Å²) in [5.74, 6) is 0. The zero-order valence-electron chi connectivity index (χ0n) is 1.63. The summed E-state index contributed by atoms with van der Waals surface area (Å²) in [6.45, 7) is 0. The topological polar surface area (TPSA) is 0 Å². The van der Waals surface area contributed by atoms with Gasteiger partial charge in [-0.2, -0.15) is 0 Å². The molecule has 0 nitrogen and oxygen atoms in total. The molecule has 0 radical (unpaired) electrons. The van der Waals surface area contributed by atoms with Crippen LogP contribution in [0.1, 0.15) is 0 Å². The Labute approximate surface area is 1360 Å². The van der Waals surface area contributed by atoms with Crippen molar-refractivity contribution >= 4 is 1410 Å². The van der Waals surface area contributed by atoms with Gasteiger partial charge in [-0.15, -0.1) is 49.6 Å². The van der Waals surface area contributed by atoms with Crippen LogP contribution in [0.4, 0.5) is 0 Å². The van der Waals surface area contributed by atoms with Crippen molar-refractivity contribution in [3.8, 4) is 0 Å². The molecule has 0 fully saturated rings. The van der Waals surface area contributed by atoms with Crippen LogP contribution >= 0.6 is 49.6 Å². The van der Waals surface area contributed by atoms with Gasteiger partial charge in [0, 0.05) is 0 Å². The van der Waals surface area contributed by atoms with Crippen LogP contribution in [0.25, 0.3) is 0 Å². The molecule has 124 valence electrons. The first kappa shape index (κ1) is 404. The normalized spacial score (nSPS) is 0. The van der Waals surface area contributed by atoms with Crippen molar-refractivity contribution in [2.24, 2.45) is 0 Å². The molecule has 0 saturated heterocycles. The van der Waals surface area contributed by atoms with Crippen molar-refractivity contribution in [2.45, 2.75) is 0 Å². The molecule has 0 aromatic heterocycles. The van der Waals surface area contributed by atoms with Crippen molar-refractivity contribution in [1.82, 2.24) is 0 Å². The predicted octanol–water partition coefficient (Wildman–Crippen LogP) is -28.1. The summed E-state index contributed by atoms with van der Waals surface area (Å²) >= 11 is 0. The van der Waals surface area contributed by atoms with Gasteiger partial charge < -0.3 is 0 Å². The zero-order chi connectivity index (χ0) is 0. The van der Waals surface area contributed by atoms with Crippen molar-refractivity contribution in [3.63, 3.8) is 0 Å². The Kier molecular flexibility index (Phi) is 3160. The van der Waals surface area contributed by atoms with E-state index in [1.54, 1.807) is 0 Å². The van der Waals surface area contributed by atoms with Crippen LogP contribution in [0.2, 0.25) is 0 Å². The monoisotopic (exact) mass is 1250 g/mol. The van der Waals surface area contributed by atoms with Crippen LogP contribution in [-0.2, 0) is 0 Å². The minimum absolute atomic E-state index is 0. The third-order valence-corrected chi connectivity index (χ3v) is 0. The number of halogens is 4. The van der Waals surface area contributed by atoms with Crippen molar-refractivity contribution < 1.29 is 0 Å². The summed E-state index contributed by atoms with van der Waals surface area (Å²) in [5.41, 5.74) is 0. The molecule has 0 aliphatic heterocycles. The fourth-order valence-corrected chi connectivity index (χ4v) is 0. The van der Waals surface area contributed by atoms with E-state index in [2.05, 4.69) is 0 Å². The second-order valence-electron chi connectivity index (χ2n) is 0. The number of rotatable bonds is 0. The first-order valence-corrected chi connectivity index (χ1v) is 0. The van der Waals surface area contributed by atoms with Gasteiger partial charge in [0.1, 0.15) is 0 Å². The maximum absolute atomic E-state index is 0. The fourth-order valence-electron chi connectivity index (χ4n) is 0. The summed E-state index contributed by atoms with van der Waals surface area (Å²) in [6, 6.07) is 0. The van der Waals surface area contributed by atoms with Crippen LogP contribution in [0.15, 0.2) is 0 Å². The van der Waals surface area contributed by atoms with E-state index in [4.69, 9.17) is 0 Å². The zero-order valence-corrected chi connectivity index (χ0v) is 4.90. The molecule has 0 bridgehead atoms. The molecule has 0 aromatic carbocycles. The number of hydrogen-bond acceptors (Lipinski definition) is 0. The Morgan fingerprint density at radius 2 is 0.0400 bits per heavy atom. The van der Waals surface area contributed by atoms with Gasteiger partial charge in [-0.3, -0.25) is 0 Å². The van der Waals surface area contributed by atoms with E-state index in [-0.39, 0.29) is 1410 Å². The molecule has 0 aliphatic rings. The molecular weight excluding hydrogens is 1200 g/mol. The first-order valence-electron chi connectivity index (χ1n) is 0. The second kappa shape index (κ2) is 392. The van der Waals surface area contributed by atoms with E-state index in [0.29, 0.717) is 0 Å². The minimum atomic E-state index is 0. The molecule has 50 heavy (non-hydrogen) atoms. The van der Waals surface area contributed by atoms with E-state index in [1.165, 1.54) is 0 Å². The van der Waals surface area contributed by atoms with E-state index in [0.717, 1.165) is 0 Å². The Bertz CT molecular complexity index is 20.1. The quantitative estimate of drug-likeness (QED) is 0.212. The van der Waals surface area contributed by atoms with Crippen LogP contribution in [0.3, 0.4) is 0 Å². The van der Waals surface area contributed by atoms with Crippen molar-refractivity contribution in [2.75, 3.05) is 0 Å². The van der Waals surface area contributed by atoms with Crippen LogP contribution in [-0.4, -0.2) is 1360 Å². The third-order valence-electron chi connectivity index (χ3n) is 0. The van der Waals surface area contributed by atoms with Crippen molar-refractivity contribution in [3.05, 3.63) is 0 Å². The summed E-state index contributed by atoms with van der Waals surface area (Å²) in [7, 11) is 0. The summed E-state index contributed by atoms with van der Waals surface area (Å²) in [6.07, 6.45) is 0. The van der Waals surface area contributed by atoms with Crippen LogP contribution < -0.4 is 0 Å². The average molecular weight is 1250 g/mol. The second-order valence-corrected chi connectivity index (χ2v) is 0. The molecule has 0 amide bonds. The van der Waals surface area contributed by atoms with Crippen LogP contribution in [0, 0.1) is 0 Å². The van der Waals surface area contributed by atoms with Gasteiger partial charge in [-0.05, 0) is 0 Å². The molecule has 0 unspecified atom stereocenters. The van der Waals surface area contributed by atoms with E-state index < -0.39 is 0 Å². The van der Waals surface area contributed by atoms with Gasteiger partial charge in [0.2, 0.25) is 0 Å². The van der Waals surface area contributed by atoms with Gasteiger partial charge in [0.25, 0.3) is 0 Å². The Hall–Kier alpha value is 47.2. The SMILES string of the molecule is Cl.Cl.Cl.Cl.[NaH].[NaH].[NaH].[NaH].[NaH].[NaH].[NaH].[NaH].[NaH].[NaH].[NaH].[NaH].[NaH].[NaH].[NaH].[NaH].[NaH].[NaH].[NaH].[NaH].[NaH].[NaH].[NaH].[NaH].[NaH].[NaH].[NaH].[NaH].[NaH].[NaH].[NaH].[NaH].[NaH].[NaH].[NaH].[NaH].[NaH].[NaH].[NaH].[NaH].[NaH].[NaH].[NaH].[NaH].[NaH].[NaH]. The van der Waals surface area contributed by atoms with E-state index >= 15 is 0 Å². The Morgan fingerprint density at radius 1 is 0.0400 bits per heavy atom. The van der Waals surface area contributed by atoms with Gasteiger partial charge >= 0.3 is 1360 Å². The summed E-state index contributed by atoms with van der Waals surface area (Å²) in [5, 5.41) is 0. The predicted molar refractivity (Wildman–Crippen MR) is 358 cm³/mol. The van der Waals surface area contributed by atoms with E-state index in [9.17, 15) is 0 Å². The Balaban J connectivity index is 0. The molecule has 0 spiro atoms. The Morgan fingerprint density at radius 3 is 0.0400 bits per heavy atom. The fraction of sp³-hybridized carbons (Fsp3) is 0. The molecular formula is H50Cl4Na46. The molecule has 0 aliphatic carbocycles. The van der Waals surface area contributed by atoms with Gasteiger partial charge in [0.15, 0.2) is 0 Å². The standard InChI is InChI=1S/4ClH.46Na.46H/h4*1H;;;;;;;;;;;;;;;;;;;;;;;;;;;;;;;;;;;;;;;;;;;;;;;;;;;;;;;;;;;;;;;;;;;;;;;;;;;;;;;;;;;;;;;;;;;;. The summed E-state index contributed by atoms with van der Waals surface area (Å²) in [4.78, 5) is 0. The van der Waals surface area contributed by atoms with Crippen LogP contribution in [0.5, 0.6) is 0 Å². The first-order chi connectivity index (χ1) is 0. The molecule has 0 atom stereocenters. The molecule has 0 N–H and O–H groups in total. The molecule has 0 heterocycles. The molecule has 0 saturated carbocycles.